The van der Waals surface area contributed by atoms with Crippen LogP contribution in [-0.4, -0.2) is 35.4 Å². The van der Waals surface area contributed by atoms with Gasteiger partial charge in [0, 0.05) is 24.0 Å². The van der Waals surface area contributed by atoms with E-state index in [0.29, 0.717) is 17.2 Å². The van der Waals surface area contributed by atoms with Gasteiger partial charge in [-0.05, 0) is 73.2 Å². The number of benzene rings is 3. The van der Waals surface area contributed by atoms with Crippen LogP contribution in [0.2, 0.25) is 5.02 Å². The molecule has 0 radical (unpaired) electrons. The van der Waals surface area contributed by atoms with Crippen LogP contribution in [0.15, 0.2) is 72.8 Å². The van der Waals surface area contributed by atoms with Crippen molar-refractivity contribution in [2.24, 2.45) is 0 Å². The molecule has 0 aliphatic heterocycles. The average Bonchev–Trinajstić information content (AvgIpc) is 3.38. The number of amides is 2. The zero-order valence-corrected chi connectivity index (χ0v) is 22.3. The predicted molar refractivity (Wildman–Crippen MR) is 148 cm³/mol. The maximum atomic E-state index is 13.7. The number of hydrogen-bond donors (Lipinski definition) is 1. The third-order valence-corrected chi connectivity index (χ3v) is 7.01. The van der Waals surface area contributed by atoms with Crippen molar-refractivity contribution in [3.05, 3.63) is 100 Å². The number of ether oxygens (including phenoxy) is 1. The Hall–Kier alpha value is -3.31. The zero-order valence-electron chi connectivity index (χ0n) is 21.6. The lowest BCUT2D eigenvalue weighted by atomic mass is 10.0. The van der Waals surface area contributed by atoms with Crippen LogP contribution in [0.5, 0.6) is 5.75 Å². The smallest absolute Gasteiger partial charge is 0.261 e. The summed E-state index contributed by atoms with van der Waals surface area (Å²) in [5.41, 5.74) is 3.99. The summed E-state index contributed by atoms with van der Waals surface area (Å²) in [5, 5.41) is 3.81. The third kappa shape index (κ3) is 7.83. The van der Waals surface area contributed by atoms with Gasteiger partial charge in [-0.25, -0.2) is 0 Å². The minimum atomic E-state index is -0.683. The van der Waals surface area contributed by atoms with E-state index in [1.165, 1.54) is 0 Å². The second-order valence-corrected chi connectivity index (χ2v) is 10.4. The largest absolute Gasteiger partial charge is 0.484 e. The third-order valence-electron chi connectivity index (χ3n) is 6.77. The molecular formula is C31H35ClN2O3. The molecule has 1 N–H and O–H groups in total. The molecule has 3 aromatic carbocycles. The van der Waals surface area contributed by atoms with E-state index < -0.39 is 6.04 Å². The van der Waals surface area contributed by atoms with E-state index in [1.807, 2.05) is 74.5 Å². The second kappa shape index (κ2) is 12.8. The molecule has 2 amide bonds. The van der Waals surface area contributed by atoms with Gasteiger partial charge in [-0.1, -0.05) is 73.0 Å². The van der Waals surface area contributed by atoms with Crippen molar-refractivity contribution < 1.29 is 14.3 Å². The molecule has 4 rings (SSSR count). The van der Waals surface area contributed by atoms with Crippen LogP contribution in [0.1, 0.15) is 47.9 Å². The lowest BCUT2D eigenvalue weighted by Crippen LogP contribution is -2.53. The minimum absolute atomic E-state index is 0.127. The Morgan fingerprint density at radius 3 is 2.30 bits per heavy atom. The summed E-state index contributed by atoms with van der Waals surface area (Å²) in [6.45, 7) is 4.09. The molecule has 0 bridgehead atoms. The number of nitrogens with one attached hydrogen (secondary N) is 1. The van der Waals surface area contributed by atoms with E-state index >= 15 is 0 Å². The highest BCUT2D eigenvalue weighted by Gasteiger charge is 2.32. The quantitative estimate of drug-likeness (QED) is 0.356. The van der Waals surface area contributed by atoms with Crippen molar-refractivity contribution in [2.75, 3.05) is 6.61 Å². The molecule has 0 saturated heterocycles. The molecule has 1 unspecified atom stereocenters. The lowest BCUT2D eigenvalue weighted by Gasteiger charge is -2.32. The Bertz CT molecular complexity index is 1190. The number of carbonyl (C=O) groups is 2. The first-order valence-corrected chi connectivity index (χ1v) is 13.3. The van der Waals surface area contributed by atoms with Gasteiger partial charge in [-0.3, -0.25) is 9.59 Å². The Balaban J connectivity index is 1.62. The van der Waals surface area contributed by atoms with Crippen LogP contribution >= 0.6 is 11.6 Å². The molecule has 194 valence electrons. The molecule has 3 aromatic rings. The normalized spacial score (nSPS) is 14.2. The van der Waals surface area contributed by atoms with Crippen molar-refractivity contribution in [1.29, 1.82) is 0 Å². The fourth-order valence-electron chi connectivity index (χ4n) is 5.00. The summed E-state index contributed by atoms with van der Waals surface area (Å²) in [5.74, 6) is 0.266. The first-order chi connectivity index (χ1) is 17.9. The number of carbonyl (C=O) groups excluding carboxylic acids is 2. The van der Waals surface area contributed by atoms with Gasteiger partial charge >= 0.3 is 0 Å². The number of aryl methyl sites for hydroxylation is 2. The molecule has 5 nitrogen and oxygen atoms in total. The standard InChI is InChI=1S/C31H35ClN2O3/c1-22-15-23(2)17-28(16-22)37-21-30(35)34(20-25-11-8-12-26(32)18-25)29(19-24-9-4-3-5-10-24)31(36)33-27-13-6-7-14-27/h3-5,8-12,15-18,27,29H,6-7,13-14,19-21H2,1-2H3,(H,33,36). The first-order valence-electron chi connectivity index (χ1n) is 13.0. The van der Waals surface area contributed by atoms with Gasteiger partial charge in [0.05, 0.1) is 0 Å². The van der Waals surface area contributed by atoms with Crippen LogP contribution in [0, 0.1) is 13.8 Å². The molecule has 1 saturated carbocycles. The Kier molecular flexibility index (Phi) is 9.24. The monoisotopic (exact) mass is 518 g/mol. The Labute approximate surface area is 224 Å². The van der Waals surface area contributed by atoms with Crippen molar-refractivity contribution in [3.63, 3.8) is 0 Å². The minimum Gasteiger partial charge on any atom is -0.484 e. The van der Waals surface area contributed by atoms with E-state index in [9.17, 15) is 9.59 Å². The fourth-order valence-corrected chi connectivity index (χ4v) is 5.21. The fraction of sp³-hybridized carbons (Fsp3) is 0.355. The number of hydrogen-bond acceptors (Lipinski definition) is 3. The van der Waals surface area contributed by atoms with Crippen molar-refractivity contribution in [3.8, 4) is 5.75 Å². The summed E-state index contributed by atoms with van der Waals surface area (Å²) in [6.07, 6.45) is 4.59. The van der Waals surface area contributed by atoms with Crippen LogP contribution in [0.25, 0.3) is 0 Å². The Morgan fingerprint density at radius 1 is 0.946 bits per heavy atom. The summed E-state index contributed by atoms with van der Waals surface area (Å²) in [6, 6.07) is 22.6. The average molecular weight is 519 g/mol. The van der Waals surface area contributed by atoms with Gasteiger partial charge in [0.2, 0.25) is 5.91 Å². The maximum absolute atomic E-state index is 13.7. The van der Waals surface area contributed by atoms with E-state index in [-0.39, 0.29) is 31.0 Å². The molecule has 0 aromatic heterocycles. The van der Waals surface area contributed by atoms with Gasteiger partial charge in [0.1, 0.15) is 11.8 Å². The van der Waals surface area contributed by atoms with Crippen molar-refractivity contribution in [1.82, 2.24) is 10.2 Å². The van der Waals surface area contributed by atoms with E-state index in [0.717, 1.165) is 47.9 Å². The van der Waals surface area contributed by atoms with Crippen LogP contribution in [-0.2, 0) is 22.6 Å². The van der Waals surface area contributed by atoms with Gasteiger partial charge in [-0.15, -0.1) is 0 Å². The van der Waals surface area contributed by atoms with Crippen LogP contribution in [0.4, 0.5) is 0 Å². The van der Waals surface area contributed by atoms with Gasteiger partial charge in [0.15, 0.2) is 6.61 Å². The summed E-state index contributed by atoms with van der Waals surface area (Å²) in [4.78, 5) is 29.1. The van der Waals surface area contributed by atoms with E-state index in [2.05, 4.69) is 11.4 Å². The molecular weight excluding hydrogens is 484 g/mol. The predicted octanol–water partition coefficient (Wildman–Crippen LogP) is 6.03. The second-order valence-electron chi connectivity index (χ2n) is 9.96. The summed E-state index contributed by atoms with van der Waals surface area (Å²) in [7, 11) is 0. The molecule has 1 fully saturated rings. The van der Waals surface area contributed by atoms with E-state index in [4.69, 9.17) is 16.3 Å². The molecule has 0 spiro atoms. The Morgan fingerprint density at radius 2 is 1.62 bits per heavy atom. The van der Waals surface area contributed by atoms with Crippen molar-refractivity contribution >= 4 is 23.4 Å². The lowest BCUT2D eigenvalue weighted by molar-refractivity contribution is -0.143. The van der Waals surface area contributed by atoms with Gasteiger partial charge < -0.3 is 15.0 Å². The highest BCUT2D eigenvalue weighted by molar-refractivity contribution is 6.30. The summed E-state index contributed by atoms with van der Waals surface area (Å²) >= 11 is 6.26. The molecule has 1 aliphatic carbocycles. The molecule has 37 heavy (non-hydrogen) atoms. The number of halogens is 1. The molecule has 0 heterocycles. The zero-order chi connectivity index (χ0) is 26.2. The highest BCUT2D eigenvalue weighted by Crippen LogP contribution is 2.22. The first kappa shape index (κ1) is 26.7. The number of rotatable bonds is 10. The van der Waals surface area contributed by atoms with Crippen LogP contribution in [0.3, 0.4) is 0 Å². The SMILES string of the molecule is Cc1cc(C)cc(OCC(=O)N(Cc2cccc(Cl)c2)C(Cc2ccccc2)C(=O)NC2CCCC2)c1. The van der Waals surface area contributed by atoms with Gasteiger partial charge in [0.25, 0.3) is 5.91 Å². The van der Waals surface area contributed by atoms with Crippen LogP contribution < -0.4 is 10.1 Å². The van der Waals surface area contributed by atoms with Gasteiger partial charge in [-0.2, -0.15) is 0 Å². The maximum Gasteiger partial charge on any atom is 0.261 e. The topological polar surface area (TPSA) is 58.6 Å². The highest BCUT2D eigenvalue weighted by atomic mass is 35.5. The summed E-state index contributed by atoms with van der Waals surface area (Å²) < 4.78 is 5.94. The molecule has 6 heteroatoms. The molecule has 1 aliphatic rings. The van der Waals surface area contributed by atoms with Crippen molar-refractivity contribution in [2.45, 2.75) is 64.6 Å². The number of nitrogens with zero attached hydrogens (tertiary/aromatic N) is 1. The molecule has 1 atom stereocenters. The van der Waals surface area contributed by atoms with E-state index in [1.54, 1.807) is 11.0 Å².